The molecule has 0 amide bonds. The molecule has 2 aromatic heterocycles. The first-order valence-electron chi connectivity index (χ1n) is 9.35. The first-order chi connectivity index (χ1) is 13.7. The number of ether oxygens (including phenoxy) is 1. The van der Waals surface area contributed by atoms with Gasteiger partial charge in [0.2, 0.25) is 5.89 Å². The summed E-state index contributed by atoms with van der Waals surface area (Å²) in [6.45, 7) is 3.65. The number of aliphatic hydroxyl groups is 1. The lowest BCUT2D eigenvalue weighted by Crippen LogP contribution is -2.67. The summed E-state index contributed by atoms with van der Waals surface area (Å²) in [5.74, 6) is 0.291. The summed E-state index contributed by atoms with van der Waals surface area (Å²) >= 11 is 1.40. The fourth-order valence-electron chi connectivity index (χ4n) is 3.65. The Morgan fingerprint density at radius 1 is 1.31 bits per heavy atom. The third kappa shape index (κ3) is 3.15. The minimum Gasteiger partial charge on any atom is -0.444 e. The van der Waals surface area contributed by atoms with Crippen molar-refractivity contribution in [3.63, 3.8) is 0 Å². The zero-order chi connectivity index (χ0) is 20.4. The maximum absolute atomic E-state index is 14.4. The highest BCUT2D eigenvalue weighted by Crippen LogP contribution is 2.43. The molecule has 0 saturated carbocycles. The van der Waals surface area contributed by atoms with Crippen LogP contribution in [-0.4, -0.2) is 52.0 Å². The Hall–Kier alpha value is -2.30. The molecular weight excluding hydrogens is 402 g/mol. The molecule has 2 bridgehead atoms. The van der Waals surface area contributed by atoms with Crippen molar-refractivity contribution in [3.8, 4) is 17.2 Å². The van der Waals surface area contributed by atoms with Crippen molar-refractivity contribution in [2.75, 3.05) is 18.0 Å². The number of halogens is 2. The molecule has 2 atom stereocenters. The van der Waals surface area contributed by atoms with E-state index in [-0.39, 0.29) is 5.75 Å². The molecule has 3 aliphatic rings. The molecule has 29 heavy (non-hydrogen) atoms. The number of anilines is 1. The van der Waals surface area contributed by atoms with Gasteiger partial charge in [0.25, 0.3) is 0 Å². The monoisotopic (exact) mass is 422 g/mol. The molecule has 0 radical (unpaired) electrons. The largest absolute Gasteiger partial charge is 0.444 e. The number of aromatic nitrogens is 2. The number of hydrogen-bond acceptors (Lipinski definition) is 8. The highest BCUT2D eigenvalue weighted by Gasteiger charge is 2.49. The van der Waals surface area contributed by atoms with E-state index in [0.29, 0.717) is 33.8 Å². The van der Waals surface area contributed by atoms with Crippen molar-refractivity contribution in [3.05, 3.63) is 24.6 Å². The van der Waals surface area contributed by atoms with Gasteiger partial charge < -0.3 is 24.5 Å². The molecule has 3 aliphatic heterocycles. The van der Waals surface area contributed by atoms with E-state index < -0.39 is 11.7 Å². The highest BCUT2D eigenvalue weighted by molar-refractivity contribution is 7.22. The molecule has 10 heteroatoms. The van der Waals surface area contributed by atoms with Gasteiger partial charge in [-0.3, -0.25) is 0 Å². The lowest BCUT2D eigenvalue weighted by atomic mass is 9.92. The molecule has 3 aromatic rings. The summed E-state index contributed by atoms with van der Waals surface area (Å²) in [5, 5.41) is 14.0. The smallest absolute Gasteiger partial charge is 0.426 e. The van der Waals surface area contributed by atoms with Crippen molar-refractivity contribution in [2.45, 2.75) is 44.1 Å². The van der Waals surface area contributed by atoms with E-state index >= 15 is 0 Å². The van der Waals surface area contributed by atoms with Crippen molar-refractivity contribution in [2.24, 2.45) is 0 Å². The van der Waals surface area contributed by atoms with Gasteiger partial charge in [-0.2, -0.15) is 8.78 Å². The van der Waals surface area contributed by atoms with Crippen molar-refractivity contribution >= 4 is 26.7 Å². The third-order valence-electron chi connectivity index (χ3n) is 5.30. The average Bonchev–Trinajstić information content (AvgIpc) is 3.30. The summed E-state index contributed by atoms with van der Waals surface area (Å²) < 4.78 is 39.8. The van der Waals surface area contributed by atoms with Crippen molar-refractivity contribution < 1.29 is 23.0 Å². The van der Waals surface area contributed by atoms with Crippen LogP contribution in [0.1, 0.15) is 20.3 Å². The van der Waals surface area contributed by atoms with E-state index in [1.165, 1.54) is 29.9 Å². The Kier molecular flexibility index (Phi) is 4.10. The van der Waals surface area contributed by atoms with Gasteiger partial charge in [-0.1, -0.05) is 11.3 Å². The Balaban J connectivity index is 1.60. The first kappa shape index (κ1) is 18.7. The highest BCUT2D eigenvalue weighted by atomic mass is 32.1. The molecule has 2 N–H and O–H groups in total. The SMILES string of the molecule is CC(C)(O)C(F)(F)Oc1ccc(-c2ncco2)c2sc(N3CC4CC(C3)N4)nc12. The second-order valence-electron chi connectivity index (χ2n) is 8.00. The zero-order valence-electron chi connectivity index (χ0n) is 15.9. The summed E-state index contributed by atoms with van der Waals surface area (Å²) in [7, 11) is 0. The van der Waals surface area contributed by atoms with E-state index in [2.05, 4.69) is 20.2 Å². The summed E-state index contributed by atoms with van der Waals surface area (Å²) in [4.78, 5) is 11.0. The Labute approximate surface area is 169 Å². The lowest BCUT2D eigenvalue weighted by Gasteiger charge is -2.48. The lowest BCUT2D eigenvalue weighted by molar-refractivity contribution is -0.275. The van der Waals surface area contributed by atoms with Crippen LogP contribution in [0.5, 0.6) is 5.75 Å². The van der Waals surface area contributed by atoms with E-state index in [9.17, 15) is 13.9 Å². The normalized spacial score (nSPS) is 22.0. The molecule has 3 fully saturated rings. The van der Waals surface area contributed by atoms with Crippen LogP contribution in [0.3, 0.4) is 0 Å². The molecule has 7 nitrogen and oxygen atoms in total. The van der Waals surface area contributed by atoms with E-state index in [0.717, 1.165) is 38.5 Å². The van der Waals surface area contributed by atoms with Crippen LogP contribution in [0.25, 0.3) is 21.7 Å². The minimum atomic E-state index is -3.79. The van der Waals surface area contributed by atoms with Crippen LogP contribution in [0, 0.1) is 0 Å². The Morgan fingerprint density at radius 2 is 2.03 bits per heavy atom. The average molecular weight is 422 g/mol. The number of alkyl halides is 2. The van der Waals surface area contributed by atoms with E-state index in [4.69, 9.17) is 9.15 Å². The molecule has 3 saturated heterocycles. The molecular formula is C19H20F2N4O3S. The van der Waals surface area contributed by atoms with E-state index in [1.54, 1.807) is 6.07 Å². The van der Waals surface area contributed by atoms with Gasteiger partial charge in [0, 0.05) is 25.2 Å². The summed E-state index contributed by atoms with van der Waals surface area (Å²) in [6.07, 6.45) is 0.347. The maximum Gasteiger partial charge on any atom is 0.426 e. The number of nitrogens with zero attached hydrogens (tertiary/aromatic N) is 3. The van der Waals surface area contributed by atoms with Gasteiger partial charge in [0.05, 0.1) is 16.5 Å². The fraction of sp³-hybridized carbons (Fsp3) is 0.474. The van der Waals surface area contributed by atoms with Gasteiger partial charge in [-0.15, -0.1) is 0 Å². The third-order valence-corrected chi connectivity index (χ3v) is 6.45. The Bertz CT molecular complexity index is 1030. The zero-order valence-corrected chi connectivity index (χ0v) is 16.7. The number of hydrogen-bond donors (Lipinski definition) is 2. The van der Waals surface area contributed by atoms with Crippen LogP contribution in [-0.2, 0) is 0 Å². The number of piperazine rings is 1. The number of fused-ring (bicyclic) bond motifs is 3. The number of thiazole rings is 1. The van der Waals surface area contributed by atoms with Crippen LogP contribution in [0.15, 0.2) is 29.0 Å². The van der Waals surface area contributed by atoms with Crippen LogP contribution in [0.2, 0.25) is 0 Å². The van der Waals surface area contributed by atoms with Gasteiger partial charge >= 0.3 is 6.11 Å². The second-order valence-corrected chi connectivity index (χ2v) is 8.98. The number of benzene rings is 1. The quantitative estimate of drug-likeness (QED) is 0.653. The second kappa shape index (κ2) is 6.35. The van der Waals surface area contributed by atoms with Crippen molar-refractivity contribution in [1.82, 2.24) is 15.3 Å². The van der Waals surface area contributed by atoms with Crippen LogP contribution in [0.4, 0.5) is 13.9 Å². The predicted molar refractivity (Wildman–Crippen MR) is 105 cm³/mol. The minimum absolute atomic E-state index is 0.0924. The van der Waals surface area contributed by atoms with Gasteiger partial charge in [-0.25, -0.2) is 9.97 Å². The standard InChI is InChI=1S/C19H20F2N4O3S/c1-18(2,26)19(20,21)28-13-4-3-12(16-22-5-6-27-16)15-14(13)24-17(29-15)25-8-10-7-11(9-25)23-10/h3-6,10-11,23,26H,7-9H2,1-2H3. The topological polar surface area (TPSA) is 83.7 Å². The Morgan fingerprint density at radius 3 is 2.66 bits per heavy atom. The fourth-order valence-corrected chi connectivity index (χ4v) is 4.75. The molecule has 0 aliphatic carbocycles. The molecule has 6 rings (SSSR count). The molecule has 1 aromatic carbocycles. The number of rotatable bonds is 5. The molecule has 0 spiro atoms. The van der Waals surface area contributed by atoms with Gasteiger partial charge in [0.15, 0.2) is 16.5 Å². The molecule has 154 valence electrons. The maximum atomic E-state index is 14.4. The molecule has 2 unspecified atom stereocenters. The van der Waals surface area contributed by atoms with Gasteiger partial charge in [-0.05, 0) is 32.4 Å². The van der Waals surface area contributed by atoms with Gasteiger partial charge in [0.1, 0.15) is 11.8 Å². The number of nitrogens with one attached hydrogen (secondary N) is 1. The molecule has 5 heterocycles. The first-order valence-corrected chi connectivity index (χ1v) is 10.2. The summed E-state index contributed by atoms with van der Waals surface area (Å²) in [5.41, 5.74) is -1.39. The summed E-state index contributed by atoms with van der Waals surface area (Å²) in [6, 6.07) is 3.91. The van der Waals surface area contributed by atoms with Crippen molar-refractivity contribution in [1.29, 1.82) is 0 Å². The predicted octanol–water partition coefficient (Wildman–Crippen LogP) is 3.24. The number of oxazole rings is 1. The van der Waals surface area contributed by atoms with Crippen LogP contribution >= 0.6 is 11.3 Å². The van der Waals surface area contributed by atoms with E-state index in [1.807, 2.05) is 0 Å². The van der Waals surface area contributed by atoms with Crippen LogP contribution < -0.4 is 15.0 Å². The number of piperidine rings is 1.